The summed E-state index contributed by atoms with van der Waals surface area (Å²) in [5.41, 5.74) is 3.84. The minimum absolute atomic E-state index is 0.00774. The molecule has 1 aliphatic rings. The van der Waals surface area contributed by atoms with Crippen LogP contribution in [-0.2, 0) is 20.2 Å². The van der Waals surface area contributed by atoms with Crippen molar-refractivity contribution < 1.29 is 32.0 Å². The highest BCUT2D eigenvalue weighted by atomic mass is 19.4. The Kier molecular flexibility index (Phi) is 6.78. The average Bonchev–Trinajstić information content (AvgIpc) is 2.77. The first-order valence-electron chi connectivity index (χ1n) is 9.91. The maximum absolute atomic E-state index is 13.0. The third-order valence-corrected chi connectivity index (χ3v) is 5.15. The van der Waals surface area contributed by atoms with E-state index in [0.29, 0.717) is 11.0 Å². The van der Waals surface area contributed by atoms with Crippen LogP contribution in [0.15, 0.2) is 23.7 Å². The van der Waals surface area contributed by atoms with E-state index in [2.05, 4.69) is 5.32 Å². The van der Waals surface area contributed by atoms with Crippen LogP contribution in [-0.4, -0.2) is 36.6 Å². The molecule has 1 fully saturated rings. The number of halogens is 3. The molecule has 0 bridgehead atoms. The Morgan fingerprint density at radius 1 is 1.16 bits per heavy atom. The van der Waals surface area contributed by atoms with Gasteiger partial charge in [-0.05, 0) is 71.6 Å². The van der Waals surface area contributed by atoms with Gasteiger partial charge in [0.2, 0.25) is 0 Å². The summed E-state index contributed by atoms with van der Waals surface area (Å²) in [5, 5.41) is 2.64. The molecule has 1 aromatic carbocycles. The van der Waals surface area contributed by atoms with Gasteiger partial charge in [-0.3, -0.25) is 0 Å². The van der Waals surface area contributed by atoms with E-state index in [4.69, 9.17) is 19.8 Å². The number of alkyl carbamates (subject to hydrolysis) is 1. The zero-order valence-corrected chi connectivity index (χ0v) is 18.9. The van der Waals surface area contributed by atoms with E-state index < -0.39 is 41.8 Å². The minimum Gasteiger partial charge on any atom is -0.444 e. The van der Waals surface area contributed by atoms with E-state index in [1.165, 1.54) is 6.07 Å². The zero-order chi connectivity index (χ0) is 23.8. The van der Waals surface area contributed by atoms with E-state index in [1.807, 2.05) is 27.7 Å². The number of carbonyl (C=O) groups is 1. The van der Waals surface area contributed by atoms with Gasteiger partial charge >= 0.3 is 19.4 Å². The van der Waals surface area contributed by atoms with Crippen LogP contribution in [0.25, 0.3) is 6.08 Å². The van der Waals surface area contributed by atoms with Crippen LogP contribution in [0.4, 0.5) is 23.7 Å². The van der Waals surface area contributed by atoms with Gasteiger partial charge in [0.25, 0.3) is 0 Å². The van der Waals surface area contributed by atoms with Gasteiger partial charge in [-0.25, -0.2) is 4.79 Å². The number of alkyl halides is 3. The van der Waals surface area contributed by atoms with Crippen molar-refractivity contribution in [1.29, 1.82) is 0 Å². The number of nitrogen functional groups attached to an aromatic ring is 1. The fourth-order valence-corrected chi connectivity index (χ4v) is 2.77. The van der Waals surface area contributed by atoms with Gasteiger partial charge in [-0.15, -0.1) is 0 Å². The Hall–Kier alpha value is -2.20. The summed E-state index contributed by atoms with van der Waals surface area (Å²) in [6, 6.07) is 3.09. The van der Waals surface area contributed by atoms with Gasteiger partial charge in [0.1, 0.15) is 5.60 Å². The van der Waals surface area contributed by atoms with Crippen LogP contribution in [0.1, 0.15) is 59.6 Å². The summed E-state index contributed by atoms with van der Waals surface area (Å²) in [6.45, 7) is 12.7. The molecule has 0 unspecified atom stereocenters. The van der Waals surface area contributed by atoms with Gasteiger partial charge < -0.3 is 25.1 Å². The fraction of sp³-hybridized carbons (Fsp3) is 0.571. The minimum atomic E-state index is -4.50. The molecular formula is C21H30BF3N2O4. The topological polar surface area (TPSA) is 82.8 Å². The molecule has 0 saturated carbocycles. The molecule has 6 nitrogen and oxygen atoms in total. The Bertz CT molecular complexity index is 845. The van der Waals surface area contributed by atoms with Crippen molar-refractivity contribution in [3.8, 4) is 0 Å². The normalized spacial score (nSPS) is 18.8. The van der Waals surface area contributed by atoms with E-state index in [1.54, 1.807) is 26.8 Å². The number of nitrogens with one attached hydrogen (secondary N) is 1. The number of hydrogen-bond donors (Lipinski definition) is 2. The smallest absolute Gasteiger partial charge is 0.444 e. The van der Waals surface area contributed by atoms with Crippen molar-refractivity contribution in [3.05, 3.63) is 34.8 Å². The quantitative estimate of drug-likeness (QED) is 0.516. The maximum atomic E-state index is 13.0. The van der Waals surface area contributed by atoms with Crippen LogP contribution in [0.2, 0.25) is 0 Å². The molecule has 2 rings (SSSR count). The number of ether oxygens (including phenoxy) is 1. The van der Waals surface area contributed by atoms with Crippen molar-refractivity contribution in [2.45, 2.75) is 71.4 Å². The third kappa shape index (κ3) is 6.40. The molecule has 1 saturated heterocycles. The van der Waals surface area contributed by atoms with Crippen molar-refractivity contribution in [2.24, 2.45) is 0 Å². The number of rotatable bonds is 4. The van der Waals surface area contributed by atoms with Gasteiger partial charge in [0.05, 0.1) is 16.8 Å². The lowest BCUT2D eigenvalue weighted by Gasteiger charge is -2.32. The Morgan fingerprint density at radius 2 is 1.71 bits per heavy atom. The first kappa shape index (κ1) is 25.1. The average molecular weight is 442 g/mol. The maximum Gasteiger partial charge on any atom is 0.492 e. The number of nitrogens with two attached hydrogens (primary N) is 1. The first-order valence-corrected chi connectivity index (χ1v) is 9.91. The number of amides is 1. The van der Waals surface area contributed by atoms with E-state index in [0.717, 1.165) is 12.1 Å². The second kappa shape index (κ2) is 8.39. The largest absolute Gasteiger partial charge is 0.492 e. The van der Waals surface area contributed by atoms with Crippen molar-refractivity contribution in [3.63, 3.8) is 0 Å². The molecule has 31 heavy (non-hydrogen) atoms. The van der Waals surface area contributed by atoms with E-state index in [9.17, 15) is 18.0 Å². The number of hydrogen-bond acceptors (Lipinski definition) is 5. The van der Waals surface area contributed by atoms with E-state index >= 15 is 0 Å². The molecule has 1 aromatic rings. The van der Waals surface area contributed by atoms with Gasteiger partial charge in [-0.2, -0.15) is 13.2 Å². The number of benzene rings is 1. The molecule has 0 aromatic heterocycles. The van der Waals surface area contributed by atoms with Gasteiger partial charge in [0.15, 0.2) is 0 Å². The first-order chi connectivity index (χ1) is 13.9. The lowest BCUT2D eigenvalue weighted by atomic mass is 9.76. The van der Waals surface area contributed by atoms with E-state index in [-0.39, 0.29) is 12.2 Å². The standard InChI is InChI=1S/C21H30BF3N2O4/c1-18(2,3)29-17(28)27-12-15(22-30-19(4,5)20(6,7)31-22)10-13-8-9-14(11-16(13)26)21(23,24)25/h8-11H,12,26H2,1-7H3,(H,27,28). The molecule has 1 heterocycles. The summed E-state index contributed by atoms with van der Waals surface area (Å²) in [5.74, 6) is 0. The highest BCUT2D eigenvalue weighted by molar-refractivity contribution is 6.56. The molecule has 0 radical (unpaired) electrons. The fourth-order valence-electron chi connectivity index (χ4n) is 2.77. The highest BCUT2D eigenvalue weighted by Gasteiger charge is 2.52. The summed E-state index contributed by atoms with van der Waals surface area (Å²) in [6.07, 6.45) is -3.58. The summed E-state index contributed by atoms with van der Waals surface area (Å²) < 4.78 is 56.2. The molecule has 0 spiro atoms. The molecular weight excluding hydrogens is 412 g/mol. The van der Waals surface area contributed by atoms with Crippen LogP contribution >= 0.6 is 0 Å². The molecule has 1 aliphatic heterocycles. The molecule has 0 atom stereocenters. The van der Waals surface area contributed by atoms with Crippen LogP contribution in [0, 0.1) is 0 Å². The number of carbonyl (C=O) groups excluding carboxylic acids is 1. The molecule has 3 N–H and O–H groups in total. The SMILES string of the molecule is CC(C)(C)OC(=O)NCC(=Cc1ccc(C(F)(F)F)cc1N)B1OC(C)(C)C(C)(C)O1. The van der Waals surface area contributed by atoms with Crippen molar-refractivity contribution >= 4 is 25.0 Å². The van der Waals surface area contributed by atoms with Crippen molar-refractivity contribution in [2.75, 3.05) is 12.3 Å². The third-order valence-electron chi connectivity index (χ3n) is 5.15. The Balaban J connectivity index is 2.35. The lowest BCUT2D eigenvalue weighted by Crippen LogP contribution is -2.41. The molecule has 10 heteroatoms. The van der Waals surface area contributed by atoms with Crippen molar-refractivity contribution in [1.82, 2.24) is 5.32 Å². The van der Waals surface area contributed by atoms with Gasteiger partial charge in [0, 0.05) is 12.2 Å². The Labute approximate surface area is 181 Å². The zero-order valence-electron chi connectivity index (χ0n) is 18.9. The molecule has 172 valence electrons. The van der Waals surface area contributed by atoms with Crippen LogP contribution in [0.3, 0.4) is 0 Å². The molecule has 1 amide bonds. The van der Waals surface area contributed by atoms with Crippen LogP contribution < -0.4 is 11.1 Å². The predicted molar refractivity (Wildman–Crippen MR) is 114 cm³/mol. The van der Waals surface area contributed by atoms with Crippen LogP contribution in [0.5, 0.6) is 0 Å². The number of anilines is 1. The summed E-state index contributed by atoms with van der Waals surface area (Å²) >= 11 is 0. The van der Waals surface area contributed by atoms with Gasteiger partial charge in [-0.1, -0.05) is 12.1 Å². The predicted octanol–water partition coefficient (Wildman–Crippen LogP) is 4.83. The molecule has 0 aliphatic carbocycles. The summed E-state index contributed by atoms with van der Waals surface area (Å²) in [4.78, 5) is 12.1. The second-order valence-electron chi connectivity index (χ2n) is 9.50. The summed E-state index contributed by atoms with van der Waals surface area (Å²) in [7, 11) is -0.832. The lowest BCUT2D eigenvalue weighted by molar-refractivity contribution is -0.137. The second-order valence-corrected chi connectivity index (χ2v) is 9.50. The Morgan fingerprint density at radius 3 is 2.16 bits per heavy atom. The highest BCUT2D eigenvalue weighted by Crippen LogP contribution is 2.39. The monoisotopic (exact) mass is 442 g/mol.